The molecule has 31 heavy (non-hydrogen) atoms. The van der Waals surface area contributed by atoms with Crippen LogP contribution in [0.4, 0.5) is 14.5 Å². The Balaban J connectivity index is 1.65. The van der Waals surface area contributed by atoms with Crippen molar-refractivity contribution in [3.8, 4) is 0 Å². The molecule has 1 amide bonds. The van der Waals surface area contributed by atoms with Crippen molar-refractivity contribution in [2.24, 2.45) is 0 Å². The molecule has 0 spiro atoms. The molecule has 0 saturated heterocycles. The first kappa shape index (κ1) is 22.4. The predicted molar refractivity (Wildman–Crippen MR) is 115 cm³/mol. The molecule has 5 nitrogen and oxygen atoms in total. The van der Waals surface area contributed by atoms with Crippen LogP contribution >= 0.6 is 0 Å². The largest absolute Gasteiger partial charge is 0.351 e. The van der Waals surface area contributed by atoms with Crippen molar-refractivity contribution in [3.05, 3.63) is 95.6 Å². The monoisotopic (exact) mass is 444 g/mol. The van der Waals surface area contributed by atoms with E-state index in [1.165, 1.54) is 30.3 Å². The number of nitrogens with one attached hydrogen (secondary N) is 2. The van der Waals surface area contributed by atoms with Crippen molar-refractivity contribution in [2.75, 3.05) is 11.3 Å². The number of amides is 1. The first-order valence-corrected chi connectivity index (χ1v) is 11.0. The molecule has 0 fully saturated rings. The molecular formula is C23H22F2N2O3S. The van der Waals surface area contributed by atoms with Crippen LogP contribution < -0.4 is 10.0 Å². The number of sulfonamides is 1. The van der Waals surface area contributed by atoms with Gasteiger partial charge in [0.25, 0.3) is 15.9 Å². The molecule has 2 N–H and O–H groups in total. The number of benzene rings is 3. The summed E-state index contributed by atoms with van der Waals surface area (Å²) in [6, 6.07) is 16.7. The van der Waals surface area contributed by atoms with E-state index < -0.39 is 21.3 Å². The molecule has 0 aromatic heterocycles. The topological polar surface area (TPSA) is 75.3 Å². The number of rotatable bonds is 7. The molecule has 0 heterocycles. The van der Waals surface area contributed by atoms with Crippen molar-refractivity contribution in [2.45, 2.75) is 24.2 Å². The fraction of sp³-hybridized carbons (Fsp3) is 0.174. The van der Waals surface area contributed by atoms with Crippen molar-refractivity contribution in [3.63, 3.8) is 0 Å². The molecule has 0 saturated carbocycles. The molecule has 8 heteroatoms. The molecule has 3 aromatic carbocycles. The zero-order valence-corrected chi connectivity index (χ0v) is 17.8. The average molecular weight is 445 g/mol. The lowest BCUT2D eigenvalue weighted by Gasteiger charge is -2.26. The third-order valence-electron chi connectivity index (χ3n) is 4.82. The van der Waals surface area contributed by atoms with Crippen LogP contribution in [0.25, 0.3) is 0 Å². The van der Waals surface area contributed by atoms with Gasteiger partial charge in [-0.05, 0) is 60.2 Å². The molecule has 0 unspecified atom stereocenters. The molecular weight excluding hydrogens is 422 g/mol. The number of carbonyl (C=O) groups excluding carboxylic acids is 1. The van der Waals surface area contributed by atoms with Crippen LogP contribution in [-0.4, -0.2) is 20.9 Å². The Morgan fingerprint density at radius 1 is 0.903 bits per heavy atom. The van der Waals surface area contributed by atoms with Crippen LogP contribution in [0.1, 0.15) is 29.8 Å². The van der Waals surface area contributed by atoms with Gasteiger partial charge in [-0.15, -0.1) is 0 Å². The summed E-state index contributed by atoms with van der Waals surface area (Å²) in [4.78, 5) is 12.4. The van der Waals surface area contributed by atoms with Gasteiger partial charge in [0.2, 0.25) is 0 Å². The van der Waals surface area contributed by atoms with Crippen molar-refractivity contribution in [1.29, 1.82) is 0 Å². The van der Waals surface area contributed by atoms with Crippen molar-refractivity contribution in [1.82, 2.24) is 5.32 Å². The number of anilines is 1. The predicted octanol–water partition coefficient (Wildman–Crippen LogP) is 4.47. The first-order chi connectivity index (χ1) is 14.6. The third-order valence-corrected chi connectivity index (χ3v) is 6.21. The van der Waals surface area contributed by atoms with Crippen LogP contribution in [0.3, 0.4) is 0 Å². The SMILES string of the molecule is CC(C)(CNC(=O)c1ccc(NS(=O)(=O)c2ccc(F)cc2)cc1)c1ccccc1F. The lowest BCUT2D eigenvalue weighted by Crippen LogP contribution is -2.37. The van der Waals surface area contributed by atoms with Crippen LogP contribution in [0.5, 0.6) is 0 Å². The molecule has 0 radical (unpaired) electrons. The van der Waals surface area contributed by atoms with E-state index in [9.17, 15) is 22.0 Å². The summed E-state index contributed by atoms with van der Waals surface area (Å²) < 4.78 is 54.2. The maximum absolute atomic E-state index is 14.1. The van der Waals surface area contributed by atoms with E-state index in [4.69, 9.17) is 0 Å². The average Bonchev–Trinajstić information content (AvgIpc) is 2.73. The molecule has 0 aliphatic carbocycles. The number of halogens is 2. The second-order valence-electron chi connectivity index (χ2n) is 7.68. The molecule has 0 aliphatic rings. The Morgan fingerprint density at radius 2 is 1.52 bits per heavy atom. The van der Waals surface area contributed by atoms with E-state index >= 15 is 0 Å². The maximum atomic E-state index is 14.1. The second kappa shape index (κ2) is 8.85. The van der Waals surface area contributed by atoms with Gasteiger partial charge in [-0.2, -0.15) is 0 Å². The zero-order valence-electron chi connectivity index (χ0n) is 17.0. The Kier molecular flexibility index (Phi) is 6.40. The van der Waals surface area contributed by atoms with E-state index in [1.54, 1.807) is 18.2 Å². The standard InChI is InChI=1S/C23H22F2N2O3S/c1-23(2,20-5-3-4-6-21(20)25)15-26-22(28)16-7-11-18(12-8-16)27-31(29,30)19-13-9-17(24)10-14-19/h3-14,27H,15H2,1-2H3,(H,26,28). The van der Waals surface area contributed by atoms with Gasteiger partial charge in [0, 0.05) is 23.2 Å². The van der Waals surface area contributed by atoms with Gasteiger partial charge < -0.3 is 5.32 Å². The minimum absolute atomic E-state index is 0.0777. The van der Waals surface area contributed by atoms with Crippen LogP contribution in [0.15, 0.2) is 77.7 Å². The van der Waals surface area contributed by atoms with E-state index in [0.717, 1.165) is 24.3 Å². The van der Waals surface area contributed by atoms with E-state index in [1.807, 2.05) is 13.8 Å². The number of hydrogen-bond acceptors (Lipinski definition) is 3. The Bertz CT molecular complexity index is 1180. The molecule has 3 aromatic rings. The summed E-state index contributed by atoms with van der Waals surface area (Å²) in [7, 11) is -3.88. The number of carbonyl (C=O) groups is 1. The summed E-state index contributed by atoms with van der Waals surface area (Å²) in [5.74, 6) is -1.23. The highest BCUT2D eigenvalue weighted by Crippen LogP contribution is 2.25. The van der Waals surface area contributed by atoms with Crippen molar-refractivity contribution < 1.29 is 22.0 Å². The van der Waals surface area contributed by atoms with Crippen LogP contribution in [0, 0.1) is 11.6 Å². The second-order valence-corrected chi connectivity index (χ2v) is 9.37. The Morgan fingerprint density at radius 3 is 2.13 bits per heavy atom. The minimum atomic E-state index is -3.88. The summed E-state index contributed by atoms with van der Waals surface area (Å²) >= 11 is 0. The minimum Gasteiger partial charge on any atom is -0.351 e. The lowest BCUT2D eigenvalue weighted by atomic mass is 9.84. The van der Waals surface area contributed by atoms with Gasteiger partial charge in [0.15, 0.2) is 0 Å². The fourth-order valence-corrected chi connectivity index (χ4v) is 4.08. The molecule has 0 aliphatic heterocycles. The van der Waals surface area contributed by atoms with Crippen molar-refractivity contribution >= 4 is 21.6 Å². The summed E-state index contributed by atoms with van der Waals surface area (Å²) in [6.07, 6.45) is 0. The van der Waals surface area contributed by atoms with Gasteiger partial charge in [-0.25, -0.2) is 17.2 Å². The smallest absolute Gasteiger partial charge is 0.261 e. The first-order valence-electron chi connectivity index (χ1n) is 9.50. The molecule has 0 atom stereocenters. The van der Waals surface area contributed by atoms with E-state index in [2.05, 4.69) is 10.0 Å². The molecule has 162 valence electrons. The summed E-state index contributed by atoms with van der Waals surface area (Å²) in [5.41, 5.74) is 0.466. The molecule has 3 rings (SSSR count). The highest BCUT2D eigenvalue weighted by Gasteiger charge is 2.24. The normalized spacial score (nSPS) is 11.7. The van der Waals surface area contributed by atoms with Gasteiger partial charge in [0.1, 0.15) is 11.6 Å². The van der Waals surface area contributed by atoms with Gasteiger partial charge in [-0.1, -0.05) is 32.0 Å². The van der Waals surface area contributed by atoms with Gasteiger partial charge >= 0.3 is 0 Å². The highest BCUT2D eigenvalue weighted by molar-refractivity contribution is 7.92. The number of hydrogen-bond donors (Lipinski definition) is 2. The zero-order chi connectivity index (χ0) is 22.6. The fourth-order valence-electron chi connectivity index (χ4n) is 3.03. The highest BCUT2D eigenvalue weighted by atomic mass is 32.2. The summed E-state index contributed by atoms with van der Waals surface area (Å²) in [6.45, 7) is 3.88. The maximum Gasteiger partial charge on any atom is 0.261 e. The Labute approximate surface area is 180 Å². The van der Waals surface area contributed by atoms with E-state index in [0.29, 0.717) is 11.1 Å². The van der Waals surface area contributed by atoms with Crippen LogP contribution in [0.2, 0.25) is 0 Å². The van der Waals surface area contributed by atoms with Gasteiger partial charge in [0.05, 0.1) is 4.90 Å². The van der Waals surface area contributed by atoms with Gasteiger partial charge in [-0.3, -0.25) is 9.52 Å². The quantitative estimate of drug-likeness (QED) is 0.565. The Hall–Kier alpha value is -3.26. The van der Waals surface area contributed by atoms with E-state index in [-0.39, 0.29) is 28.9 Å². The summed E-state index contributed by atoms with van der Waals surface area (Å²) in [5, 5.41) is 2.78. The lowest BCUT2D eigenvalue weighted by molar-refractivity contribution is 0.0945. The third kappa shape index (κ3) is 5.46. The molecule has 0 bridgehead atoms. The van der Waals surface area contributed by atoms with Crippen LogP contribution in [-0.2, 0) is 15.4 Å².